The Morgan fingerprint density at radius 1 is 1.27 bits per heavy atom. The third kappa shape index (κ3) is 3.27. The van der Waals surface area contributed by atoms with Gasteiger partial charge in [0.15, 0.2) is 0 Å². The number of nitrogens with one attached hydrogen (secondary N) is 1. The van der Waals surface area contributed by atoms with Gasteiger partial charge in [-0.05, 0) is 26.0 Å². The molecule has 1 atom stereocenters. The number of hydrogen-bond donors (Lipinski definition) is 2. The van der Waals surface area contributed by atoms with Gasteiger partial charge < -0.3 is 10.4 Å². The summed E-state index contributed by atoms with van der Waals surface area (Å²) in [4.78, 5) is 24.3. The normalized spacial score (nSPS) is 12.7. The Hall–Kier alpha value is -2.77. The average molecular weight is 303 g/mol. The lowest BCUT2D eigenvalue weighted by Crippen LogP contribution is -2.51. The van der Waals surface area contributed by atoms with Crippen molar-refractivity contribution in [3.8, 4) is 11.4 Å². The first-order valence-electron chi connectivity index (χ1n) is 6.71. The number of carboxylic acid groups (broad SMARTS) is 1. The van der Waals surface area contributed by atoms with Crippen LogP contribution in [0.2, 0.25) is 0 Å². The van der Waals surface area contributed by atoms with E-state index in [-0.39, 0.29) is 0 Å². The van der Waals surface area contributed by atoms with Crippen molar-refractivity contribution in [3.63, 3.8) is 0 Å². The van der Waals surface area contributed by atoms with Crippen LogP contribution in [0.5, 0.6) is 0 Å². The third-order valence-electron chi connectivity index (χ3n) is 3.16. The number of amides is 1. The zero-order valence-electron chi connectivity index (χ0n) is 12.5. The van der Waals surface area contributed by atoms with Crippen LogP contribution in [-0.2, 0) is 9.59 Å². The molecular formula is C14H17N5O3. The molecule has 0 bridgehead atoms. The lowest BCUT2D eigenvalue weighted by atomic mass is 10.1. The van der Waals surface area contributed by atoms with Crippen molar-refractivity contribution in [1.29, 1.82) is 0 Å². The second-order valence-corrected chi connectivity index (χ2v) is 5.39. The molecule has 1 amide bonds. The Morgan fingerprint density at radius 3 is 2.50 bits per heavy atom. The van der Waals surface area contributed by atoms with Gasteiger partial charge in [-0.15, -0.1) is 10.2 Å². The molecule has 0 aliphatic rings. The minimum absolute atomic E-state index is 0.401. The van der Waals surface area contributed by atoms with Crippen LogP contribution in [0.4, 0.5) is 0 Å². The first-order chi connectivity index (χ1) is 10.3. The van der Waals surface area contributed by atoms with Crippen molar-refractivity contribution in [3.05, 3.63) is 30.3 Å². The molecule has 1 heterocycles. The molecule has 116 valence electrons. The molecule has 2 aromatic rings. The molecule has 0 aliphatic heterocycles. The van der Waals surface area contributed by atoms with Crippen LogP contribution in [0.3, 0.4) is 0 Å². The Kier molecular flexibility index (Phi) is 4.20. The Bertz CT molecular complexity index is 681. The minimum Gasteiger partial charge on any atom is -0.480 e. The number of benzene rings is 1. The molecule has 0 fully saturated rings. The number of aromatic nitrogens is 4. The highest BCUT2D eigenvalue weighted by Gasteiger charge is 2.31. The molecule has 2 rings (SSSR count). The lowest BCUT2D eigenvalue weighted by Gasteiger charge is -2.22. The summed E-state index contributed by atoms with van der Waals surface area (Å²) in [5.74, 6) is -1.22. The maximum atomic E-state index is 12.1. The summed E-state index contributed by atoms with van der Waals surface area (Å²) in [6.45, 7) is 4.39. The van der Waals surface area contributed by atoms with Crippen molar-refractivity contribution in [2.75, 3.05) is 0 Å². The number of aliphatic carboxylic acids is 1. The number of carboxylic acids is 1. The zero-order valence-corrected chi connectivity index (χ0v) is 12.5. The van der Waals surface area contributed by atoms with E-state index in [0.29, 0.717) is 5.82 Å². The highest BCUT2D eigenvalue weighted by Crippen LogP contribution is 2.14. The first kappa shape index (κ1) is 15.6. The minimum atomic E-state index is -1.37. The summed E-state index contributed by atoms with van der Waals surface area (Å²) in [6, 6.07) is 8.46. The van der Waals surface area contributed by atoms with Gasteiger partial charge in [-0.1, -0.05) is 30.3 Å². The number of nitrogens with zero attached hydrogens (tertiary/aromatic N) is 4. The summed E-state index contributed by atoms with van der Waals surface area (Å²) in [7, 11) is 0. The second-order valence-electron chi connectivity index (χ2n) is 5.39. The van der Waals surface area contributed by atoms with Crippen LogP contribution in [0.1, 0.15) is 26.8 Å². The maximum absolute atomic E-state index is 12.1. The number of rotatable bonds is 5. The Labute approximate surface area is 127 Å². The van der Waals surface area contributed by atoms with Crippen molar-refractivity contribution in [2.24, 2.45) is 0 Å². The fourth-order valence-corrected chi connectivity index (χ4v) is 1.66. The predicted molar refractivity (Wildman–Crippen MR) is 77.8 cm³/mol. The third-order valence-corrected chi connectivity index (χ3v) is 3.16. The standard InChI is InChI=1S/C14H17N5O3/c1-9(12(20)15-14(2,3)13(21)22)19-17-11(16-18-19)10-7-5-4-6-8-10/h4-9H,1-3H3,(H,15,20)(H,21,22). The van der Waals surface area contributed by atoms with Gasteiger partial charge in [-0.3, -0.25) is 4.79 Å². The molecule has 0 saturated heterocycles. The van der Waals surface area contributed by atoms with E-state index < -0.39 is 23.5 Å². The van der Waals surface area contributed by atoms with Crippen LogP contribution in [0.15, 0.2) is 30.3 Å². The zero-order chi connectivity index (χ0) is 16.3. The summed E-state index contributed by atoms with van der Waals surface area (Å²) >= 11 is 0. The van der Waals surface area contributed by atoms with E-state index in [1.807, 2.05) is 30.3 Å². The van der Waals surface area contributed by atoms with Crippen LogP contribution in [0, 0.1) is 0 Å². The van der Waals surface area contributed by atoms with E-state index >= 15 is 0 Å². The van der Waals surface area contributed by atoms with Gasteiger partial charge in [0.2, 0.25) is 11.7 Å². The summed E-state index contributed by atoms with van der Waals surface area (Å²) < 4.78 is 0. The lowest BCUT2D eigenvalue weighted by molar-refractivity contribution is -0.146. The summed E-state index contributed by atoms with van der Waals surface area (Å²) in [5.41, 5.74) is -0.582. The van der Waals surface area contributed by atoms with E-state index in [1.165, 1.54) is 13.8 Å². The van der Waals surface area contributed by atoms with Gasteiger partial charge in [0.1, 0.15) is 11.6 Å². The van der Waals surface area contributed by atoms with E-state index in [4.69, 9.17) is 5.11 Å². The molecule has 8 heteroatoms. The van der Waals surface area contributed by atoms with E-state index in [0.717, 1.165) is 10.4 Å². The number of carbonyl (C=O) groups is 2. The molecule has 22 heavy (non-hydrogen) atoms. The van der Waals surface area contributed by atoms with Gasteiger partial charge in [-0.2, -0.15) is 4.80 Å². The van der Waals surface area contributed by atoms with Gasteiger partial charge in [-0.25, -0.2) is 4.79 Å². The fraction of sp³-hybridized carbons (Fsp3) is 0.357. The van der Waals surface area contributed by atoms with Crippen LogP contribution >= 0.6 is 0 Å². The number of hydrogen-bond acceptors (Lipinski definition) is 5. The second kappa shape index (κ2) is 5.92. The molecule has 2 N–H and O–H groups in total. The Morgan fingerprint density at radius 2 is 1.91 bits per heavy atom. The molecule has 0 radical (unpaired) electrons. The fourth-order valence-electron chi connectivity index (χ4n) is 1.66. The highest BCUT2D eigenvalue weighted by atomic mass is 16.4. The van der Waals surface area contributed by atoms with Crippen LogP contribution < -0.4 is 5.32 Å². The Balaban J connectivity index is 2.14. The van der Waals surface area contributed by atoms with E-state index in [9.17, 15) is 9.59 Å². The van der Waals surface area contributed by atoms with Gasteiger partial charge in [0.05, 0.1) is 0 Å². The first-order valence-corrected chi connectivity index (χ1v) is 6.71. The molecule has 0 spiro atoms. The van der Waals surface area contributed by atoms with Crippen molar-refractivity contribution < 1.29 is 14.7 Å². The molecule has 0 saturated carbocycles. The largest absolute Gasteiger partial charge is 0.480 e. The van der Waals surface area contributed by atoms with Crippen molar-refractivity contribution >= 4 is 11.9 Å². The number of tetrazole rings is 1. The number of carbonyl (C=O) groups excluding carboxylic acids is 1. The van der Waals surface area contributed by atoms with Crippen LogP contribution in [-0.4, -0.2) is 42.7 Å². The predicted octanol–water partition coefficient (Wildman–Crippen LogP) is 0.880. The molecule has 1 unspecified atom stereocenters. The topological polar surface area (TPSA) is 110 Å². The van der Waals surface area contributed by atoms with E-state index in [2.05, 4.69) is 20.7 Å². The molecular weight excluding hydrogens is 286 g/mol. The summed E-state index contributed by atoms with van der Waals surface area (Å²) in [6.07, 6.45) is 0. The SMILES string of the molecule is CC(C(=O)NC(C)(C)C(=O)O)n1nnc(-c2ccccc2)n1. The monoisotopic (exact) mass is 303 g/mol. The quantitative estimate of drug-likeness (QED) is 0.848. The van der Waals surface area contributed by atoms with Crippen LogP contribution in [0.25, 0.3) is 11.4 Å². The van der Waals surface area contributed by atoms with Gasteiger partial charge >= 0.3 is 5.97 Å². The van der Waals surface area contributed by atoms with Gasteiger partial charge in [0, 0.05) is 5.56 Å². The van der Waals surface area contributed by atoms with Crippen molar-refractivity contribution in [1.82, 2.24) is 25.5 Å². The molecule has 8 nitrogen and oxygen atoms in total. The molecule has 1 aromatic heterocycles. The smallest absolute Gasteiger partial charge is 0.328 e. The molecule has 0 aliphatic carbocycles. The molecule has 1 aromatic carbocycles. The van der Waals surface area contributed by atoms with Gasteiger partial charge in [0.25, 0.3) is 0 Å². The summed E-state index contributed by atoms with van der Waals surface area (Å²) in [5, 5.41) is 23.4. The van der Waals surface area contributed by atoms with E-state index in [1.54, 1.807) is 6.92 Å². The maximum Gasteiger partial charge on any atom is 0.328 e. The average Bonchev–Trinajstić information content (AvgIpc) is 2.96. The van der Waals surface area contributed by atoms with Crippen molar-refractivity contribution in [2.45, 2.75) is 32.4 Å². The highest BCUT2D eigenvalue weighted by molar-refractivity contribution is 5.87.